The molecule has 0 atom stereocenters. The predicted octanol–water partition coefficient (Wildman–Crippen LogP) is 12.5. The Kier molecular flexibility index (Phi) is 5.35. The van der Waals surface area contributed by atoms with E-state index in [2.05, 4.69) is 120 Å². The molecule has 0 aliphatic heterocycles. The molecule has 0 unspecified atom stereocenters. The van der Waals surface area contributed by atoms with E-state index in [0.29, 0.717) is 5.89 Å². The molecular weight excluding hydrogens is 601 g/mol. The molecular formula is C45H26N2O2. The molecule has 0 amide bonds. The first-order valence-electron chi connectivity index (χ1n) is 16.5. The predicted molar refractivity (Wildman–Crippen MR) is 202 cm³/mol. The molecule has 0 saturated carbocycles. The number of oxazole rings is 1. The van der Waals surface area contributed by atoms with Crippen LogP contribution in [-0.4, -0.2) is 9.55 Å². The van der Waals surface area contributed by atoms with E-state index in [9.17, 15) is 0 Å². The molecule has 3 aromatic heterocycles. The van der Waals surface area contributed by atoms with Crippen molar-refractivity contribution in [2.24, 2.45) is 0 Å². The van der Waals surface area contributed by atoms with Gasteiger partial charge in [0.1, 0.15) is 16.7 Å². The first-order chi connectivity index (χ1) is 24.3. The smallest absolute Gasteiger partial charge is 0.227 e. The van der Waals surface area contributed by atoms with Gasteiger partial charge in [0.2, 0.25) is 5.89 Å². The van der Waals surface area contributed by atoms with Gasteiger partial charge in [-0.25, -0.2) is 4.98 Å². The van der Waals surface area contributed by atoms with Crippen molar-refractivity contribution in [1.29, 1.82) is 0 Å². The second kappa shape index (κ2) is 9.93. The summed E-state index contributed by atoms with van der Waals surface area (Å²) in [6.07, 6.45) is 0. The zero-order chi connectivity index (χ0) is 32.1. The lowest BCUT2D eigenvalue weighted by molar-refractivity contribution is 0.620. The van der Waals surface area contributed by atoms with Crippen LogP contribution in [0.15, 0.2) is 167 Å². The summed E-state index contributed by atoms with van der Waals surface area (Å²) < 4.78 is 15.3. The average Bonchev–Trinajstić information content (AvgIpc) is 3.86. The van der Waals surface area contributed by atoms with Crippen LogP contribution in [0.4, 0.5) is 0 Å². The Morgan fingerprint density at radius 3 is 2.10 bits per heavy atom. The van der Waals surface area contributed by atoms with Gasteiger partial charge in [-0.3, -0.25) is 0 Å². The average molecular weight is 627 g/mol. The van der Waals surface area contributed by atoms with Gasteiger partial charge in [-0.05, 0) is 64.2 Å². The van der Waals surface area contributed by atoms with E-state index >= 15 is 0 Å². The minimum Gasteiger partial charge on any atom is -0.456 e. The third-order valence-electron chi connectivity index (χ3n) is 10.0. The van der Waals surface area contributed by atoms with E-state index in [1.165, 1.54) is 38.0 Å². The Labute approximate surface area is 280 Å². The summed E-state index contributed by atoms with van der Waals surface area (Å²) in [5.41, 5.74) is 9.83. The maximum absolute atomic E-state index is 6.69. The van der Waals surface area contributed by atoms with Crippen LogP contribution in [0.2, 0.25) is 0 Å². The Morgan fingerprint density at radius 1 is 0.429 bits per heavy atom. The molecule has 0 bridgehead atoms. The summed E-state index contributed by atoms with van der Waals surface area (Å²) in [7, 11) is 0. The van der Waals surface area contributed by atoms with E-state index in [1.807, 2.05) is 42.5 Å². The number of hydrogen-bond donors (Lipinski definition) is 0. The number of hydrogen-bond acceptors (Lipinski definition) is 3. The summed E-state index contributed by atoms with van der Waals surface area (Å²) in [6, 6.07) is 55.4. The van der Waals surface area contributed by atoms with Crippen LogP contribution in [0.3, 0.4) is 0 Å². The van der Waals surface area contributed by atoms with Crippen molar-refractivity contribution in [3.8, 4) is 28.3 Å². The minimum absolute atomic E-state index is 0.620. The van der Waals surface area contributed by atoms with Crippen LogP contribution < -0.4 is 0 Å². The third-order valence-corrected chi connectivity index (χ3v) is 10.0. The zero-order valence-electron chi connectivity index (χ0n) is 26.2. The monoisotopic (exact) mass is 626 g/mol. The molecule has 0 saturated heterocycles. The van der Waals surface area contributed by atoms with Gasteiger partial charge in [-0.2, -0.15) is 0 Å². The normalized spacial score (nSPS) is 12.1. The highest BCUT2D eigenvalue weighted by atomic mass is 16.3. The van der Waals surface area contributed by atoms with Crippen LogP contribution >= 0.6 is 0 Å². The van der Waals surface area contributed by atoms with Crippen molar-refractivity contribution in [2.75, 3.05) is 0 Å². The van der Waals surface area contributed by atoms with E-state index in [4.69, 9.17) is 13.8 Å². The fourth-order valence-corrected chi connectivity index (χ4v) is 7.86. The standard InChI is InChI=1S/C45H26N2O2/c1-2-12-28(13-3-1)45-46-44-31(18-10-20-40(44)49-45)29-22-24-39-35(25-29)43-33-16-7-6-15-32(33)38(26-41(43)48-39)47-36-19-9-8-17-34(36)42-30-14-5-4-11-27(30)21-23-37(42)47/h1-26H. The summed E-state index contributed by atoms with van der Waals surface area (Å²) in [5, 5.41) is 9.52. The molecule has 4 heteroatoms. The molecule has 0 spiro atoms. The van der Waals surface area contributed by atoms with Crippen LogP contribution in [0.25, 0.3) is 105 Å². The Balaban J connectivity index is 1.17. The number of fused-ring (bicyclic) bond motifs is 11. The fraction of sp³-hybridized carbons (Fsp3) is 0. The topological polar surface area (TPSA) is 44.1 Å². The van der Waals surface area contributed by atoms with Crippen LogP contribution in [0.5, 0.6) is 0 Å². The second-order valence-corrected chi connectivity index (χ2v) is 12.7. The van der Waals surface area contributed by atoms with Gasteiger partial charge in [0.15, 0.2) is 5.58 Å². The van der Waals surface area contributed by atoms with Gasteiger partial charge < -0.3 is 13.4 Å². The van der Waals surface area contributed by atoms with Gasteiger partial charge in [0.25, 0.3) is 0 Å². The van der Waals surface area contributed by atoms with Crippen molar-refractivity contribution in [2.45, 2.75) is 0 Å². The summed E-state index contributed by atoms with van der Waals surface area (Å²) in [6.45, 7) is 0. The van der Waals surface area contributed by atoms with Crippen molar-refractivity contribution >= 4 is 76.4 Å². The summed E-state index contributed by atoms with van der Waals surface area (Å²) in [5.74, 6) is 0.620. The van der Waals surface area contributed by atoms with E-state index in [1.54, 1.807) is 0 Å². The number of furan rings is 1. The molecule has 11 rings (SSSR count). The summed E-state index contributed by atoms with van der Waals surface area (Å²) in [4.78, 5) is 4.96. The molecule has 0 aliphatic carbocycles. The fourth-order valence-electron chi connectivity index (χ4n) is 7.86. The highest BCUT2D eigenvalue weighted by molar-refractivity contribution is 6.24. The van der Waals surface area contributed by atoms with Gasteiger partial charge in [0, 0.05) is 44.1 Å². The lowest BCUT2D eigenvalue weighted by Crippen LogP contribution is -1.95. The van der Waals surface area contributed by atoms with Gasteiger partial charge in [0.05, 0.1) is 16.7 Å². The Bertz CT molecular complexity index is 3110. The highest BCUT2D eigenvalue weighted by Gasteiger charge is 2.21. The van der Waals surface area contributed by atoms with Crippen LogP contribution in [-0.2, 0) is 0 Å². The molecule has 49 heavy (non-hydrogen) atoms. The second-order valence-electron chi connectivity index (χ2n) is 12.7. The van der Waals surface area contributed by atoms with Crippen molar-refractivity contribution in [3.05, 3.63) is 158 Å². The Morgan fingerprint density at radius 2 is 1.20 bits per heavy atom. The quantitative estimate of drug-likeness (QED) is 0.196. The Hall–Kier alpha value is -6.65. The highest BCUT2D eigenvalue weighted by Crippen LogP contribution is 2.43. The van der Waals surface area contributed by atoms with Crippen LogP contribution in [0, 0.1) is 0 Å². The number of benzene rings is 8. The van der Waals surface area contributed by atoms with E-state index < -0.39 is 0 Å². The molecule has 0 aliphatic rings. The minimum atomic E-state index is 0.620. The first kappa shape index (κ1) is 26.4. The maximum atomic E-state index is 6.69. The maximum Gasteiger partial charge on any atom is 0.227 e. The number of rotatable bonds is 3. The number of para-hydroxylation sites is 2. The first-order valence-corrected chi connectivity index (χ1v) is 16.5. The molecule has 4 nitrogen and oxygen atoms in total. The third kappa shape index (κ3) is 3.77. The zero-order valence-corrected chi connectivity index (χ0v) is 26.2. The number of aromatic nitrogens is 2. The summed E-state index contributed by atoms with van der Waals surface area (Å²) >= 11 is 0. The van der Waals surface area contributed by atoms with Gasteiger partial charge in [-0.15, -0.1) is 0 Å². The lowest BCUT2D eigenvalue weighted by Gasteiger charge is -2.13. The molecule has 228 valence electrons. The molecule has 11 aromatic rings. The van der Waals surface area contributed by atoms with Crippen LogP contribution in [0.1, 0.15) is 0 Å². The molecule has 0 N–H and O–H groups in total. The van der Waals surface area contributed by atoms with E-state index in [0.717, 1.165) is 60.8 Å². The van der Waals surface area contributed by atoms with Crippen molar-refractivity contribution in [1.82, 2.24) is 9.55 Å². The molecule has 0 fully saturated rings. The SMILES string of the molecule is c1ccc(-c2nc3c(-c4ccc5oc6cc(-n7c8ccccc8c8c9ccccc9ccc87)c7ccccc7c6c5c4)cccc3o2)cc1. The number of nitrogens with zero attached hydrogens (tertiary/aromatic N) is 2. The lowest BCUT2D eigenvalue weighted by atomic mass is 9.98. The van der Waals surface area contributed by atoms with E-state index in [-0.39, 0.29) is 0 Å². The largest absolute Gasteiger partial charge is 0.456 e. The molecule has 0 radical (unpaired) electrons. The van der Waals surface area contributed by atoms with Crippen molar-refractivity contribution < 1.29 is 8.83 Å². The molecule has 3 heterocycles. The van der Waals surface area contributed by atoms with Gasteiger partial charge in [-0.1, -0.05) is 109 Å². The van der Waals surface area contributed by atoms with Crippen molar-refractivity contribution in [3.63, 3.8) is 0 Å². The van der Waals surface area contributed by atoms with Gasteiger partial charge >= 0.3 is 0 Å². The molecule has 8 aromatic carbocycles.